The number of carboxylic acid groups (broad SMARTS) is 1. The third kappa shape index (κ3) is 10.2. The van der Waals surface area contributed by atoms with E-state index < -0.39 is 29.9 Å². The third-order valence-electron chi connectivity index (χ3n) is 2.60. The summed E-state index contributed by atoms with van der Waals surface area (Å²) in [6, 6.07) is -1.82. The molecule has 0 aromatic heterocycles. The number of urea groups is 1. The van der Waals surface area contributed by atoms with Crippen LogP contribution in [0.4, 0.5) is 4.79 Å². The highest BCUT2D eigenvalue weighted by atomic mass is 16.5. The summed E-state index contributed by atoms with van der Waals surface area (Å²) in [5, 5.41) is 13.6. The Hall–Kier alpha value is -2.32. The van der Waals surface area contributed by atoms with Crippen LogP contribution in [0.5, 0.6) is 0 Å². The molecule has 0 rings (SSSR count). The van der Waals surface area contributed by atoms with E-state index in [-0.39, 0.29) is 19.3 Å². The summed E-state index contributed by atoms with van der Waals surface area (Å²) in [5.41, 5.74) is 4.96. The summed E-state index contributed by atoms with van der Waals surface area (Å²) in [7, 11) is 1.20. The molecule has 0 aromatic rings. The van der Waals surface area contributed by atoms with Gasteiger partial charge in [0.05, 0.1) is 7.11 Å². The van der Waals surface area contributed by atoms with Crippen molar-refractivity contribution in [1.82, 2.24) is 10.6 Å². The Morgan fingerprint density at radius 3 is 2.38 bits per heavy atom. The first-order chi connectivity index (χ1) is 9.86. The minimum absolute atomic E-state index is 0.0584. The number of primary amides is 1. The van der Waals surface area contributed by atoms with Gasteiger partial charge in [0.1, 0.15) is 6.04 Å². The molecule has 21 heavy (non-hydrogen) atoms. The molecular formula is C12H21N3O6. The largest absolute Gasteiger partial charge is 0.480 e. The number of carboxylic acids is 1. The van der Waals surface area contributed by atoms with Gasteiger partial charge < -0.3 is 26.2 Å². The molecule has 1 atom stereocenters. The van der Waals surface area contributed by atoms with Crippen molar-refractivity contribution in [3.8, 4) is 0 Å². The van der Waals surface area contributed by atoms with Gasteiger partial charge in [0.25, 0.3) is 0 Å². The van der Waals surface area contributed by atoms with Crippen LogP contribution in [-0.2, 0) is 19.1 Å². The molecule has 0 radical (unpaired) electrons. The van der Waals surface area contributed by atoms with Crippen LogP contribution in [0.25, 0.3) is 0 Å². The summed E-state index contributed by atoms with van der Waals surface area (Å²) >= 11 is 0. The maximum absolute atomic E-state index is 11.5. The van der Waals surface area contributed by atoms with E-state index in [0.717, 1.165) is 0 Å². The Bertz CT molecular complexity index is 385. The Morgan fingerprint density at radius 2 is 1.86 bits per heavy atom. The summed E-state index contributed by atoms with van der Waals surface area (Å²) in [6.45, 7) is 0.294. The number of hydrogen-bond acceptors (Lipinski definition) is 5. The number of nitrogens with two attached hydrogens (primary N) is 1. The number of methoxy groups -OCH3 is 1. The van der Waals surface area contributed by atoms with Crippen LogP contribution in [-0.4, -0.2) is 48.7 Å². The van der Waals surface area contributed by atoms with E-state index in [4.69, 9.17) is 10.8 Å². The van der Waals surface area contributed by atoms with Crippen molar-refractivity contribution in [3.05, 3.63) is 0 Å². The predicted octanol–water partition coefficient (Wildman–Crippen LogP) is -0.652. The Morgan fingerprint density at radius 1 is 1.19 bits per heavy atom. The SMILES string of the molecule is COC(=O)CC[C@@H](NC(=O)NCCCCC(N)=O)C(=O)O. The van der Waals surface area contributed by atoms with Crippen molar-refractivity contribution in [2.24, 2.45) is 5.73 Å². The van der Waals surface area contributed by atoms with Crippen molar-refractivity contribution in [2.45, 2.75) is 38.1 Å². The number of aliphatic carboxylic acids is 1. The number of nitrogens with one attached hydrogen (secondary N) is 2. The lowest BCUT2D eigenvalue weighted by Gasteiger charge is -2.14. The quantitative estimate of drug-likeness (QED) is 0.311. The molecule has 0 aliphatic carbocycles. The Labute approximate surface area is 122 Å². The van der Waals surface area contributed by atoms with Crippen LogP contribution in [0.1, 0.15) is 32.1 Å². The lowest BCUT2D eigenvalue weighted by atomic mass is 10.1. The first kappa shape index (κ1) is 18.7. The van der Waals surface area contributed by atoms with Crippen LogP contribution in [0.3, 0.4) is 0 Å². The van der Waals surface area contributed by atoms with Crippen molar-refractivity contribution in [3.63, 3.8) is 0 Å². The van der Waals surface area contributed by atoms with Gasteiger partial charge in [0.15, 0.2) is 0 Å². The fraction of sp³-hybridized carbons (Fsp3) is 0.667. The first-order valence-electron chi connectivity index (χ1n) is 6.49. The van der Waals surface area contributed by atoms with E-state index in [1.165, 1.54) is 7.11 Å². The summed E-state index contributed by atoms with van der Waals surface area (Å²) in [5.74, 6) is -2.19. The highest BCUT2D eigenvalue weighted by Gasteiger charge is 2.20. The average molecular weight is 303 g/mol. The molecule has 0 unspecified atom stereocenters. The number of hydrogen-bond donors (Lipinski definition) is 4. The van der Waals surface area contributed by atoms with Crippen molar-refractivity contribution >= 4 is 23.9 Å². The molecule has 120 valence electrons. The molecule has 0 fully saturated rings. The lowest BCUT2D eigenvalue weighted by molar-refractivity contribution is -0.142. The van der Waals surface area contributed by atoms with Gasteiger partial charge in [0, 0.05) is 19.4 Å². The van der Waals surface area contributed by atoms with Gasteiger partial charge in [-0.2, -0.15) is 0 Å². The number of esters is 1. The number of unbranched alkanes of at least 4 members (excludes halogenated alkanes) is 1. The smallest absolute Gasteiger partial charge is 0.326 e. The van der Waals surface area contributed by atoms with E-state index in [0.29, 0.717) is 19.4 Å². The summed E-state index contributed by atoms with van der Waals surface area (Å²) in [4.78, 5) is 43.8. The first-order valence-corrected chi connectivity index (χ1v) is 6.49. The molecule has 0 saturated heterocycles. The van der Waals surface area contributed by atoms with Crippen LogP contribution < -0.4 is 16.4 Å². The topological polar surface area (TPSA) is 148 Å². The third-order valence-corrected chi connectivity index (χ3v) is 2.60. The van der Waals surface area contributed by atoms with Gasteiger partial charge in [-0.25, -0.2) is 9.59 Å². The van der Waals surface area contributed by atoms with Crippen molar-refractivity contribution in [1.29, 1.82) is 0 Å². The molecular weight excluding hydrogens is 282 g/mol. The van der Waals surface area contributed by atoms with E-state index in [2.05, 4.69) is 15.4 Å². The fourth-order valence-corrected chi connectivity index (χ4v) is 1.46. The zero-order chi connectivity index (χ0) is 16.3. The van der Waals surface area contributed by atoms with Gasteiger partial charge in [-0.3, -0.25) is 9.59 Å². The van der Waals surface area contributed by atoms with Gasteiger partial charge in [-0.1, -0.05) is 0 Å². The molecule has 0 spiro atoms. The standard InChI is InChI=1S/C12H21N3O6/c1-21-10(17)6-5-8(11(18)19)15-12(20)14-7-3-2-4-9(13)16/h8H,2-7H2,1H3,(H2,13,16)(H,18,19)(H2,14,15,20)/t8-/m1/s1. The van der Waals surface area contributed by atoms with Gasteiger partial charge >= 0.3 is 18.0 Å². The van der Waals surface area contributed by atoms with E-state index in [1.54, 1.807) is 0 Å². The van der Waals surface area contributed by atoms with Crippen LogP contribution in [0.2, 0.25) is 0 Å². The highest BCUT2D eigenvalue weighted by molar-refractivity contribution is 5.83. The van der Waals surface area contributed by atoms with Crippen molar-refractivity contribution in [2.75, 3.05) is 13.7 Å². The fourth-order valence-electron chi connectivity index (χ4n) is 1.46. The highest BCUT2D eigenvalue weighted by Crippen LogP contribution is 1.99. The Kier molecular flexibility index (Phi) is 9.31. The van der Waals surface area contributed by atoms with Gasteiger partial charge in [0.2, 0.25) is 5.91 Å². The molecule has 0 aliphatic rings. The average Bonchev–Trinajstić information content (AvgIpc) is 2.41. The number of ether oxygens (including phenoxy) is 1. The zero-order valence-corrected chi connectivity index (χ0v) is 11.9. The molecule has 0 aliphatic heterocycles. The maximum Gasteiger partial charge on any atom is 0.326 e. The summed E-state index contributed by atoms with van der Waals surface area (Å²) < 4.78 is 4.40. The molecule has 0 aromatic carbocycles. The molecule has 9 nitrogen and oxygen atoms in total. The van der Waals surface area contributed by atoms with E-state index in [1.807, 2.05) is 0 Å². The van der Waals surface area contributed by atoms with Crippen molar-refractivity contribution < 1.29 is 29.0 Å². The van der Waals surface area contributed by atoms with E-state index in [9.17, 15) is 19.2 Å². The number of carbonyl (C=O) groups is 4. The molecule has 3 amide bonds. The monoisotopic (exact) mass is 303 g/mol. The molecule has 5 N–H and O–H groups in total. The number of amides is 3. The second kappa shape index (κ2) is 10.5. The van der Waals surface area contributed by atoms with E-state index >= 15 is 0 Å². The molecule has 0 bridgehead atoms. The second-order valence-corrected chi connectivity index (χ2v) is 4.33. The summed E-state index contributed by atoms with van der Waals surface area (Å²) in [6.07, 6.45) is 1.17. The molecule has 0 heterocycles. The van der Waals surface area contributed by atoms with Gasteiger partial charge in [-0.05, 0) is 19.3 Å². The van der Waals surface area contributed by atoms with Gasteiger partial charge in [-0.15, -0.1) is 0 Å². The van der Waals surface area contributed by atoms with Crippen LogP contribution in [0.15, 0.2) is 0 Å². The zero-order valence-electron chi connectivity index (χ0n) is 11.9. The minimum atomic E-state index is -1.23. The number of rotatable bonds is 10. The minimum Gasteiger partial charge on any atom is -0.480 e. The van der Waals surface area contributed by atoms with Crippen LogP contribution in [0, 0.1) is 0 Å². The predicted molar refractivity (Wildman–Crippen MR) is 72.3 cm³/mol. The normalized spacial score (nSPS) is 11.3. The Balaban J connectivity index is 3.98. The second-order valence-electron chi connectivity index (χ2n) is 4.33. The number of carbonyl (C=O) groups excluding carboxylic acids is 3. The van der Waals surface area contributed by atoms with Crippen LogP contribution >= 0.6 is 0 Å². The lowest BCUT2D eigenvalue weighted by Crippen LogP contribution is -2.46. The maximum atomic E-state index is 11.5. The molecule has 9 heteroatoms. The molecule has 0 saturated carbocycles.